The van der Waals surface area contributed by atoms with E-state index in [4.69, 9.17) is 0 Å². The summed E-state index contributed by atoms with van der Waals surface area (Å²) in [4.78, 5) is 0. The summed E-state index contributed by atoms with van der Waals surface area (Å²) in [5, 5.41) is 11.1. The van der Waals surface area contributed by atoms with Gasteiger partial charge < -0.3 is 5.11 Å². The first-order chi connectivity index (χ1) is 11.7. The summed E-state index contributed by atoms with van der Waals surface area (Å²) in [5.41, 5.74) is 5.15. The van der Waals surface area contributed by atoms with Crippen LogP contribution in [0.1, 0.15) is 90.7 Å². The second kappa shape index (κ2) is 12.1. The standard InChI is InChI=1S/C23H36O/c1-5-9-16-19(13-6-2)21(14-7-3)22(15-8-4)23(24)20-17-11-10-12-18-20/h10-12,16-18,23-24H,5-9,13-15H2,1-4H3/b19-16+,22-21+. The van der Waals surface area contributed by atoms with Gasteiger partial charge in [-0.2, -0.15) is 0 Å². The number of allylic oxidation sites excluding steroid dienone is 3. The molecule has 24 heavy (non-hydrogen) atoms. The third-order valence-electron chi connectivity index (χ3n) is 4.44. The molecular formula is C23H36O. The Labute approximate surface area is 149 Å². The molecule has 0 aromatic heterocycles. The second-order valence-corrected chi connectivity index (χ2v) is 6.59. The Morgan fingerprint density at radius 2 is 1.50 bits per heavy atom. The van der Waals surface area contributed by atoms with Crippen molar-refractivity contribution in [3.05, 3.63) is 58.7 Å². The lowest BCUT2D eigenvalue weighted by Gasteiger charge is -2.23. The van der Waals surface area contributed by atoms with E-state index in [2.05, 4.69) is 33.8 Å². The molecule has 0 saturated heterocycles. The molecule has 134 valence electrons. The average molecular weight is 329 g/mol. The normalized spacial score (nSPS) is 14.5. The lowest BCUT2D eigenvalue weighted by atomic mass is 9.85. The SMILES string of the molecule is CCC/C=C(CCC)/C(CCC)=C(\CCC)C(O)c1ccccc1. The summed E-state index contributed by atoms with van der Waals surface area (Å²) < 4.78 is 0. The van der Waals surface area contributed by atoms with Crippen molar-refractivity contribution in [1.82, 2.24) is 0 Å². The fourth-order valence-electron chi connectivity index (χ4n) is 3.30. The first-order valence-corrected chi connectivity index (χ1v) is 9.83. The second-order valence-electron chi connectivity index (χ2n) is 6.59. The van der Waals surface area contributed by atoms with Crippen molar-refractivity contribution >= 4 is 0 Å². The average Bonchev–Trinajstić information content (AvgIpc) is 2.62. The predicted octanol–water partition coefficient (Wildman–Crippen LogP) is 7.14. The van der Waals surface area contributed by atoms with Crippen molar-refractivity contribution in [2.24, 2.45) is 0 Å². The van der Waals surface area contributed by atoms with Gasteiger partial charge in [0.1, 0.15) is 6.10 Å². The summed E-state index contributed by atoms with van der Waals surface area (Å²) in [6.07, 6.45) is 10.7. The quantitative estimate of drug-likeness (QED) is 0.428. The van der Waals surface area contributed by atoms with Crippen LogP contribution in [0.25, 0.3) is 0 Å². The maximum atomic E-state index is 11.1. The van der Waals surface area contributed by atoms with Gasteiger partial charge in [-0.05, 0) is 48.0 Å². The number of hydrogen-bond acceptors (Lipinski definition) is 1. The number of aliphatic hydroxyl groups excluding tert-OH is 1. The number of aliphatic hydroxyl groups is 1. The van der Waals surface area contributed by atoms with Crippen LogP contribution in [0.2, 0.25) is 0 Å². The van der Waals surface area contributed by atoms with Crippen LogP contribution in [0.3, 0.4) is 0 Å². The summed E-state index contributed by atoms with van der Waals surface area (Å²) in [6, 6.07) is 10.1. The molecule has 1 aromatic rings. The summed E-state index contributed by atoms with van der Waals surface area (Å²) >= 11 is 0. The molecule has 1 heteroatoms. The number of hydrogen-bond donors (Lipinski definition) is 1. The molecular weight excluding hydrogens is 292 g/mol. The first-order valence-electron chi connectivity index (χ1n) is 9.83. The van der Waals surface area contributed by atoms with Crippen molar-refractivity contribution < 1.29 is 5.11 Å². The van der Waals surface area contributed by atoms with Gasteiger partial charge in [0, 0.05) is 0 Å². The fourth-order valence-corrected chi connectivity index (χ4v) is 3.30. The largest absolute Gasteiger partial charge is 0.384 e. The molecule has 1 nitrogen and oxygen atoms in total. The Hall–Kier alpha value is -1.34. The Morgan fingerprint density at radius 1 is 0.875 bits per heavy atom. The monoisotopic (exact) mass is 328 g/mol. The van der Waals surface area contributed by atoms with Crippen LogP contribution in [0.15, 0.2) is 53.1 Å². The predicted molar refractivity (Wildman–Crippen MR) is 106 cm³/mol. The molecule has 0 fully saturated rings. The zero-order chi connectivity index (χ0) is 17.8. The highest BCUT2D eigenvalue weighted by Crippen LogP contribution is 2.34. The highest BCUT2D eigenvalue weighted by Gasteiger charge is 2.19. The van der Waals surface area contributed by atoms with Crippen molar-refractivity contribution in [3.63, 3.8) is 0 Å². The first kappa shape index (κ1) is 20.7. The molecule has 1 unspecified atom stereocenters. The van der Waals surface area contributed by atoms with Gasteiger partial charge in [0.2, 0.25) is 0 Å². The molecule has 1 N–H and O–H groups in total. The molecule has 0 spiro atoms. The Morgan fingerprint density at radius 3 is 2.04 bits per heavy atom. The van der Waals surface area contributed by atoms with E-state index in [9.17, 15) is 5.11 Å². The summed E-state index contributed by atoms with van der Waals surface area (Å²) in [7, 11) is 0. The van der Waals surface area contributed by atoms with Gasteiger partial charge in [0.15, 0.2) is 0 Å². The van der Waals surface area contributed by atoms with E-state index >= 15 is 0 Å². The van der Waals surface area contributed by atoms with Crippen molar-refractivity contribution in [3.8, 4) is 0 Å². The molecule has 1 rings (SSSR count). The van der Waals surface area contributed by atoms with Crippen LogP contribution in [0, 0.1) is 0 Å². The van der Waals surface area contributed by atoms with E-state index in [1.54, 1.807) is 0 Å². The maximum absolute atomic E-state index is 11.1. The number of benzene rings is 1. The van der Waals surface area contributed by atoms with E-state index in [-0.39, 0.29) is 0 Å². The highest BCUT2D eigenvalue weighted by molar-refractivity contribution is 5.40. The van der Waals surface area contributed by atoms with Crippen molar-refractivity contribution in [1.29, 1.82) is 0 Å². The van der Waals surface area contributed by atoms with E-state index in [0.29, 0.717) is 0 Å². The minimum Gasteiger partial charge on any atom is -0.384 e. The van der Waals surface area contributed by atoms with Crippen LogP contribution in [0.4, 0.5) is 0 Å². The zero-order valence-electron chi connectivity index (χ0n) is 16.1. The number of rotatable bonds is 11. The lowest BCUT2D eigenvalue weighted by molar-refractivity contribution is 0.209. The lowest BCUT2D eigenvalue weighted by Crippen LogP contribution is -2.07. The van der Waals surface area contributed by atoms with Gasteiger partial charge in [-0.15, -0.1) is 0 Å². The Balaban J connectivity index is 3.35. The van der Waals surface area contributed by atoms with Gasteiger partial charge in [-0.3, -0.25) is 0 Å². The smallest absolute Gasteiger partial charge is 0.101 e. The topological polar surface area (TPSA) is 20.2 Å². The van der Waals surface area contributed by atoms with Gasteiger partial charge >= 0.3 is 0 Å². The third-order valence-corrected chi connectivity index (χ3v) is 4.44. The van der Waals surface area contributed by atoms with E-state index in [1.165, 1.54) is 23.1 Å². The highest BCUT2D eigenvalue weighted by atomic mass is 16.3. The van der Waals surface area contributed by atoms with Crippen molar-refractivity contribution in [2.75, 3.05) is 0 Å². The minimum absolute atomic E-state index is 0.477. The molecule has 0 heterocycles. The molecule has 0 aliphatic heterocycles. The zero-order valence-corrected chi connectivity index (χ0v) is 16.1. The summed E-state index contributed by atoms with van der Waals surface area (Å²) in [6.45, 7) is 8.92. The number of unbranched alkanes of at least 4 members (excludes halogenated alkanes) is 1. The van der Waals surface area contributed by atoms with Crippen LogP contribution < -0.4 is 0 Å². The molecule has 1 atom stereocenters. The fraction of sp³-hybridized carbons (Fsp3) is 0.565. The van der Waals surface area contributed by atoms with Crippen LogP contribution >= 0.6 is 0 Å². The summed E-state index contributed by atoms with van der Waals surface area (Å²) in [5.74, 6) is 0. The molecule has 0 aliphatic rings. The molecule has 0 aliphatic carbocycles. The molecule has 0 radical (unpaired) electrons. The van der Waals surface area contributed by atoms with Crippen molar-refractivity contribution in [2.45, 2.75) is 85.2 Å². The molecule has 0 saturated carbocycles. The molecule has 0 bridgehead atoms. The van der Waals surface area contributed by atoms with E-state index in [1.807, 2.05) is 30.3 Å². The Bertz CT molecular complexity index is 510. The minimum atomic E-state index is -0.477. The molecule has 1 aromatic carbocycles. The third kappa shape index (κ3) is 6.28. The van der Waals surface area contributed by atoms with E-state index in [0.717, 1.165) is 50.5 Å². The van der Waals surface area contributed by atoms with Crippen LogP contribution in [-0.4, -0.2) is 5.11 Å². The van der Waals surface area contributed by atoms with Gasteiger partial charge in [-0.25, -0.2) is 0 Å². The van der Waals surface area contributed by atoms with E-state index < -0.39 is 6.10 Å². The van der Waals surface area contributed by atoms with Gasteiger partial charge in [0.25, 0.3) is 0 Å². The Kier molecular flexibility index (Phi) is 10.4. The van der Waals surface area contributed by atoms with Gasteiger partial charge in [-0.1, -0.05) is 89.8 Å². The van der Waals surface area contributed by atoms with Crippen LogP contribution in [-0.2, 0) is 0 Å². The van der Waals surface area contributed by atoms with Crippen LogP contribution in [0.5, 0.6) is 0 Å². The molecule has 0 amide bonds. The van der Waals surface area contributed by atoms with Gasteiger partial charge in [0.05, 0.1) is 0 Å². The maximum Gasteiger partial charge on any atom is 0.101 e.